The van der Waals surface area contributed by atoms with Gasteiger partial charge in [-0.05, 0) is 17.9 Å². The average Bonchev–Trinajstić information content (AvgIpc) is 2.62. The highest BCUT2D eigenvalue weighted by atomic mass is 16.5. The maximum Gasteiger partial charge on any atom is 0.195 e. The second-order valence-electron chi connectivity index (χ2n) is 6.01. The van der Waals surface area contributed by atoms with Crippen molar-refractivity contribution in [3.63, 3.8) is 0 Å². The lowest BCUT2D eigenvalue weighted by molar-refractivity contribution is 0.0747. The van der Waals surface area contributed by atoms with Gasteiger partial charge in [0.15, 0.2) is 5.78 Å². The van der Waals surface area contributed by atoms with Crippen LogP contribution >= 0.6 is 0 Å². The van der Waals surface area contributed by atoms with Gasteiger partial charge < -0.3 is 9.84 Å². The number of ether oxygens (including phenoxy) is 1. The number of aliphatic hydroxyl groups is 1. The number of rotatable bonds is 7. The molecule has 0 bridgehead atoms. The monoisotopic (exact) mass is 328 g/mol. The lowest BCUT2D eigenvalue weighted by atomic mass is 10.0. The third kappa shape index (κ3) is 7.53. The lowest BCUT2D eigenvalue weighted by Crippen LogP contribution is -2.11. The van der Waals surface area contributed by atoms with Gasteiger partial charge in [0.1, 0.15) is 6.10 Å². The van der Waals surface area contributed by atoms with E-state index >= 15 is 0 Å². The highest BCUT2D eigenvalue weighted by Gasteiger charge is 2.18. The van der Waals surface area contributed by atoms with E-state index in [9.17, 15) is 9.90 Å². The quantitative estimate of drug-likeness (QED) is 0.593. The number of hydrogen-bond acceptors (Lipinski definition) is 3. The molecule has 2 aromatic carbocycles. The third-order valence-corrected chi connectivity index (χ3v) is 3.22. The van der Waals surface area contributed by atoms with E-state index in [4.69, 9.17) is 4.74 Å². The summed E-state index contributed by atoms with van der Waals surface area (Å²) in [5.41, 5.74) is 1.15. The maximum absolute atomic E-state index is 11.9. The number of benzene rings is 2. The fourth-order valence-electron chi connectivity index (χ4n) is 2.01. The summed E-state index contributed by atoms with van der Waals surface area (Å²) in [6.07, 6.45) is 0.0517. The van der Waals surface area contributed by atoms with Crippen LogP contribution in [0.2, 0.25) is 0 Å². The second kappa shape index (κ2) is 11.5. The van der Waals surface area contributed by atoms with Crippen LogP contribution < -0.4 is 0 Å². The zero-order chi connectivity index (χ0) is 17.8. The summed E-state index contributed by atoms with van der Waals surface area (Å²) in [5, 5.41) is 9.89. The number of carbonyl (C=O) groups is 1. The minimum atomic E-state index is -1.08. The van der Waals surface area contributed by atoms with E-state index in [2.05, 4.69) is 20.8 Å². The predicted molar refractivity (Wildman–Crippen MR) is 98.1 cm³/mol. The number of carbonyl (C=O) groups excluding carboxylic acids is 1. The summed E-state index contributed by atoms with van der Waals surface area (Å²) >= 11 is 0. The van der Waals surface area contributed by atoms with Gasteiger partial charge in [-0.1, -0.05) is 81.4 Å². The van der Waals surface area contributed by atoms with Gasteiger partial charge in [0.2, 0.25) is 0 Å². The highest BCUT2D eigenvalue weighted by molar-refractivity contribution is 5.99. The van der Waals surface area contributed by atoms with Crippen molar-refractivity contribution in [2.45, 2.75) is 33.3 Å². The summed E-state index contributed by atoms with van der Waals surface area (Å²) in [4.78, 5) is 11.9. The van der Waals surface area contributed by atoms with Crippen LogP contribution in [0.5, 0.6) is 0 Å². The van der Waals surface area contributed by atoms with Crippen LogP contribution in [0.4, 0.5) is 0 Å². The van der Waals surface area contributed by atoms with Crippen molar-refractivity contribution in [1.29, 1.82) is 0 Å². The molecular weight excluding hydrogens is 300 g/mol. The molecule has 0 saturated carbocycles. The van der Waals surface area contributed by atoms with Crippen molar-refractivity contribution in [2.75, 3.05) is 13.2 Å². The van der Waals surface area contributed by atoms with Gasteiger partial charge in [-0.25, -0.2) is 0 Å². The smallest absolute Gasteiger partial charge is 0.195 e. The first-order valence-corrected chi connectivity index (χ1v) is 8.46. The Morgan fingerprint density at radius 2 is 1.54 bits per heavy atom. The van der Waals surface area contributed by atoms with Crippen LogP contribution in [0.1, 0.15) is 49.2 Å². The van der Waals surface area contributed by atoms with Gasteiger partial charge in [0, 0.05) is 18.8 Å². The first-order valence-electron chi connectivity index (χ1n) is 8.46. The molecule has 1 atom stereocenters. The van der Waals surface area contributed by atoms with Crippen LogP contribution in [0.15, 0.2) is 60.7 Å². The van der Waals surface area contributed by atoms with E-state index in [-0.39, 0.29) is 5.78 Å². The molecule has 1 N–H and O–H groups in total. The largest absolute Gasteiger partial charge is 0.381 e. The average molecular weight is 328 g/mol. The maximum atomic E-state index is 11.9. The molecule has 0 fully saturated rings. The molecule has 2 rings (SSSR count). The molecule has 130 valence electrons. The summed E-state index contributed by atoms with van der Waals surface area (Å²) < 4.78 is 5.24. The van der Waals surface area contributed by atoms with Crippen molar-refractivity contribution >= 4 is 5.78 Å². The molecule has 3 nitrogen and oxygen atoms in total. The molecule has 0 aliphatic carbocycles. The number of aliphatic hydroxyl groups excluding tert-OH is 1. The van der Waals surface area contributed by atoms with Gasteiger partial charge in [-0.2, -0.15) is 0 Å². The molecule has 2 aromatic rings. The van der Waals surface area contributed by atoms with E-state index in [0.29, 0.717) is 17.0 Å². The zero-order valence-electron chi connectivity index (χ0n) is 14.8. The first kappa shape index (κ1) is 20.1. The normalized spacial score (nSPS) is 11.5. The number of ketones is 1. The van der Waals surface area contributed by atoms with Crippen molar-refractivity contribution in [3.05, 3.63) is 71.8 Å². The number of Topliss-reactive ketones (excluding diaryl/α,β-unsaturated/α-hetero) is 1. The van der Waals surface area contributed by atoms with E-state index < -0.39 is 6.10 Å². The number of hydrogen-bond donors (Lipinski definition) is 1. The zero-order valence-corrected chi connectivity index (χ0v) is 14.8. The second-order valence-corrected chi connectivity index (χ2v) is 6.01. The van der Waals surface area contributed by atoms with Gasteiger partial charge >= 0.3 is 0 Å². The van der Waals surface area contributed by atoms with Crippen molar-refractivity contribution < 1.29 is 14.6 Å². The summed E-state index contributed by atoms with van der Waals surface area (Å²) in [6.45, 7) is 8.28. The molecule has 0 heterocycles. The predicted octanol–water partition coefficient (Wildman–Crippen LogP) is 4.67. The molecule has 0 spiro atoms. The van der Waals surface area contributed by atoms with Crippen LogP contribution in [0.3, 0.4) is 0 Å². The molecule has 0 aliphatic heterocycles. The topological polar surface area (TPSA) is 46.5 Å². The van der Waals surface area contributed by atoms with Crippen LogP contribution in [-0.4, -0.2) is 24.1 Å². The molecule has 0 aromatic heterocycles. The molecule has 24 heavy (non-hydrogen) atoms. The molecule has 0 saturated heterocycles. The van der Waals surface area contributed by atoms with Crippen molar-refractivity contribution in [1.82, 2.24) is 0 Å². The summed E-state index contributed by atoms with van der Waals surface area (Å²) in [7, 11) is 0. The fraction of sp³-hybridized carbons (Fsp3) is 0.381. The summed E-state index contributed by atoms with van der Waals surface area (Å²) in [5.74, 6) is 0.411. The Hall–Kier alpha value is -1.97. The van der Waals surface area contributed by atoms with E-state index in [1.807, 2.05) is 12.1 Å². The van der Waals surface area contributed by atoms with Crippen LogP contribution in [0.25, 0.3) is 0 Å². The van der Waals surface area contributed by atoms with Crippen molar-refractivity contribution in [2.24, 2.45) is 5.92 Å². The van der Waals surface area contributed by atoms with Crippen LogP contribution in [-0.2, 0) is 4.74 Å². The Balaban J connectivity index is 0.000000307. The Morgan fingerprint density at radius 1 is 1.00 bits per heavy atom. The minimum Gasteiger partial charge on any atom is -0.381 e. The molecule has 0 amide bonds. The van der Waals surface area contributed by atoms with Gasteiger partial charge in [0.25, 0.3) is 0 Å². The van der Waals surface area contributed by atoms with E-state index in [0.717, 1.165) is 19.6 Å². The van der Waals surface area contributed by atoms with E-state index in [1.165, 1.54) is 0 Å². The van der Waals surface area contributed by atoms with Crippen LogP contribution in [0, 0.1) is 5.92 Å². The Kier molecular flexibility index (Phi) is 9.66. The van der Waals surface area contributed by atoms with Crippen molar-refractivity contribution in [3.8, 4) is 0 Å². The molecule has 1 unspecified atom stereocenters. The molecular formula is C21H28O3. The van der Waals surface area contributed by atoms with Gasteiger partial charge in [0.05, 0.1) is 0 Å². The Morgan fingerprint density at radius 3 is 2.04 bits per heavy atom. The highest BCUT2D eigenvalue weighted by Crippen LogP contribution is 2.17. The van der Waals surface area contributed by atoms with Gasteiger partial charge in [-0.15, -0.1) is 0 Å². The van der Waals surface area contributed by atoms with E-state index in [1.54, 1.807) is 48.5 Å². The Bertz CT molecular complexity index is 564. The summed E-state index contributed by atoms with van der Waals surface area (Å²) in [6, 6.07) is 17.7. The third-order valence-electron chi connectivity index (χ3n) is 3.22. The molecule has 3 heteroatoms. The minimum absolute atomic E-state index is 0.271. The fourth-order valence-corrected chi connectivity index (χ4v) is 2.01. The first-order chi connectivity index (χ1) is 11.6. The standard InChI is InChI=1S/C14H12O2.C7H16O/c15-13(11-7-3-1-4-8-11)14(16)12-9-5-2-6-10-12;1-4-5-8-6-7(2)3/h1-10,13,15H;7H,4-6H2,1-3H3. The lowest BCUT2D eigenvalue weighted by Gasteiger charge is -2.09. The van der Waals surface area contributed by atoms with Gasteiger partial charge in [-0.3, -0.25) is 4.79 Å². The SMILES string of the molecule is CCCOCC(C)C.O=C(c1ccccc1)C(O)c1ccccc1. The molecule has 0 radical (unpaired) electrons. The molecule has 0 aliphatic rings. The Labute approximate surface area is 145 Å².